The molecule has 1 rings (SSSR count). The van der Waals surface area contributed by atoms with Gasteiger partial charge in [0.05, 0.1) is 6.04 Å². The number of carboxylic acids is 1. The first-order chi connectivity index (χ1) is 12.2. The average molecular weight is 374 g/mol. The Morgan fingerprint density at radius 3 is 2.50 bits per heavy atom. The minimum absolute atomic E-state index is 0.276. The van der Waals surface area contributed by atoms with Gasteiger partial charge in [0, 0.05) is 19.9 Å². The number of amides is 2. The molecule has 2 amide bonds. The van der Waals surface area contributed by atoms with Crippen molar-refractivity contribution in [2.75, 3.05) is 6.54 Å². The Labute approximate surface area is 150 Å². The Morgan fingerprint density at radius 2 is 1.96 bits per heavy atom. The maximum atomic E-state index is 11.6. The highest BCUT2D eigenvalue weighted by atomic mass is 16.5. The molecule has 26 heavy (non-hydrogen) atoms. The Hall–Kier alpha value is -2.17. The third kappa shape index (κ3) is 6.28. The van der Waals surface area contributed by atoms with Crippen LogP contribution in [0.1, 0.15) is 33.1 Å². The fourth-order valence-electron chi connectivity index (χ4n) is 2.50. The summed E-state index contributed by atoms with van der Waals surface area (Å²) in [5.74, 6) is -2.91. The molecule has 0 aromatic carbocycles. The molecular formula is C16H26N2O8. The van der Waals surface area contributed by atoms with Crippen LogP contribution in [-0.4, -0.2) is 75.2 Å². The fraction of sp³-hybridized carbons (Fsp3) is 0.688. The summed E-state index contributed by atoms with van der Waals surface area (Å²) in [7, 11) is 0. The molecule has 0 bridgehead atoms. The lowest BCUT2D eigenvalue weighted by molar-refractivity contribution is -0.147. The van der Waals surface area contributed by atoms with E-state index in [1.807, 2.05) is 6.92 Å². The van der Waals surface area contributed by atoms with E-state index in [9.17, 15) is 29.7 Å². The van der Waals surface area contributed by atoms with Crippen LogP contribution in [0.25, 0.3) is 0 Å². The molecule has 0 saturated carbocycles. The summed E-state index contributed by atoms with van der Waals surface area (Å²) in [4.78, 5) is 34.0. The van der Waals surface area contributed by atoms with Crippen LogP contribution < -0.4 is 10.6 Å². The highest BCUT2D eigenvalue weighted by Crippen LogP contribution is 2.22. The summed E-state index contributed by atoms with van der Waals surface area (Å²) in [5, 5.41) is 44.3. The SMILES string of the molecule is CCCCC(=O)NC[C@@H](O)[C@@H](O)[C@@H]1OC(C(=O)O)=C[C@H](O)[C@H]1NC(C)=O. The van der Waals surface area contributed by atoms with Gasteiger partial charge in [-0.3, -0.25) is 9.59 Å². The molecule has 0 radical (unpaired) electrons. The van der Waals surface area contributed by atoms with Gasteiger partial charge >= 0.3 is 5.97 Å². The third-order valence-corrected chi connectivity index (χ3v) is 3.88. The number of aliphatic hydroxyl groups excluding tert-OH is 3. The molecule has 1 heterocycles. The lowest BCUT2D eigenvalue weighted by Crippen LogP contribution is -2.60. The first-order valence-electron chi connectivity index (χ1n) is 8.37. The number of aliphatic hydroxyl groups is 3. The van der Waals surface area contributed by atoms with Crippen molar-refractivity contribution in [1.29, 1.82) is 0 Å². The number of carboxylic acid groups (broad SMARTS) is 1. The summed E-state index contributed by atoms with van der Waals surface area (Å²) in [6.45, 7) is 2.81. The molecule has 0 aliphatic carbocycles. The van der Waals surface area contributed by atoms with Crippen molar-refractivity contribution in [3.8, 4) is 0 Å². The van der Waals surface area contributed by atoms with Gasteiger partial charge < -0.3 is 35.8 Å². The van der Waals surface area contributed by atoms with E-state index in [2.05, 4.69) is 10.6 Å². The number of hydrogen-bond donors (Lipinski definition) is 6. The minimum Gasteiger partial charge on any atom is -0.478 e. The second-order valence-electron chi connectivity index (χ2n) is 6.10. The van der Waals surface area contributed by atoms with Crippen LogP contribution in [0.5, 0.6) is 0 Å². The van der Waals surface area contributed by atoms with E-state index in [1.54, 1.807) is 0 Å². The molecule has 1 aliphatic rings. The van der Waals surface area contributed by atoms with Gasteiger partial charge in [-0.1, -0.05) is 13.3 Å². The largest absolute Gasteiger partial charge is 0.478 e. The van der Waals surface area contributed by atoms with Crippen LogP contribution in [-0.2, 0) is 19.1 Å². The van der Waals surface area contributed by atoms with Crippen LogP contribution in [0.4, 0.5) is 0 Å². The summed E-state index contributed by atoms with van der Waals surface area (Å²) >= 11 is 0. The van der Waals surface area contributed by atoms with Crippen LogP contribution in [0.3, 0.4) is 0 Å². The first kappa shape index (κ1) is 21.9. The number of ether oxygens (including phenoxy) is 1. The Morgan fingerprint density at radius 1 is 1.31 bits per heavy atom. The second kappa shape index (κ2) is 10.1. The molecule has 0 spiro atoms. The fourth-order valence-corrected chi connectivity index (χ4v) is 2.50. The van der Waals surface area contributed by atoms with Crippen molar-refractivity contribution >= 4 is 17.8 Å². The van der Waals surface area contributed by atoms with Gasteiger partial charge in [0.15, 0.2) is 6.10 Å². The minimum atomic E-state index is -1.67. The molecular weight excluding hydrogens is 348 g/mol. The number of aliphatic carboxylic acids is 1. The van der Waals surface area contributed by atoms with Crippen molar-refractivity contribution in [3.63, 3.8) is 0 Å². The summed E-state index contributed by atoms with van der Waals surface area (Å²) in [6.07, 6.45) is -3.35. The summed E-state index contributed by atoms with van der Waals surface area (Å²) in [6, 6.07) is -1.17. The number of rotatable bonds is 9. The van der Waals surface area contributed by atoms with Gasteiger partial charge in [-0.2, -0.15) is 0 Å². The van der Waals surface area contributed by atoms with Crippen molar-refractivity contribution in [3.05, 3.63) is 11.8 Å². The predicted molar refractivity (Wildman–Crippen MR) is 88.8 cm³/mol. The zero-order valence-electron chi connectivity index (χ0n) is 14.7. The van der Waals surface area contributed by atoms with Gasteiger partial charge in [-0.15, -0.1) is 0 Å². The maximum absolute atomic E-state index is 11.6. The molecule has 5 atom stereocenters. The molecule has 0 unspecified atom stereocenters. The van der Waals surface area contributed by atoms with Crippen LogP contribution in [0, 0.1) is 0 Å². The lowest BCUT2D eigenvalue weighted by Gasteiger charge is -2.38. The number of unbranched alkanes of at least 4 members (excludes halogenated alkanes) is 1. The smallest absolute Gasteiger partial charge is 0.370 e. The Kier molecular flexibility index (Phi) is 8.49. The highest BCUT2D eigenvalue weighted by molar-refractivity contribution is 5.84. The molecule has 6 N–H and O–H groups in total. The molecule has 0 aromatic rings. The predicted octanol–water partition coefficient (Wildman–Crippen LogP) is -1.75. The molecule has 148 valence electrons. The Balaban J connectivity index is 2.81. The number of carbonyl (C=O) groups excluding carboxylic acids is 2. The average Bonchev–Trinajstić information content (AvgIpc) is 2.58. The molecule has 1 aliphatic heterocycles. The monoisotopic (exact) mass is 374 g/mol. The number of nitrogens with one attached hydrogen (secondary N) is 2. The third-order valence-electron chi connectivity index (χ3n) is 3.88. The van der Waals surface area contributed by atoms with E-state index in [0.717, 1.165) is 12.5 Å². The molecule has 0 fully saturated rings. The van der Waals surface area contributed by atoms with Crippen molar-refractivity contribution in [1.82, 2.24) is 10.6 Å². The maximum Gasteiger partial charge on any atom is 0.370 e. The summed E-state index contributed by atoms with van der Waals surface area (Å²) < 4.78 is 5.15. The number of carbonyl (C=O) groups is 3. The standard InChI is InChI=1S/C16H26N2O8/c1-3-4-5-12(22)17-7-10(21)14(23)15-13(18-8(2)19)9(20)6-11(26-15)16(24)25/h6,9-10,13-15,20-21,23H,3-5,7H2,1-2H3,(H,17,22)(H,18,19)(H,24,25)/t9-,10+,13+,14+,15+/m0/s1. The van der Waals surface area contributed by atoms with Gasteiger partial charge in [0.1, 0.15) is 18.3 Å². The molecule has 0 saturated heterocycles. The molecule has 10 nitrogen and oxygen atoms in total. The zero-order valence-corrected chi connectivity index (χ0v) is 14.7. The number of hydrogen-bond acceptors (Lipinski definition) is 7. The summed E-state index contributed by atoms with van der Waals surface area (Å²) in [5.41, 5.74) is 0. The van der Waals surface area contributed by atoms with Gasteiger partial charge in [-0.05, 0) is 12.5 Å². The van der Waals surface area contributed by atoms with Crippen molar-refractivity contribution < 1.29 is 39.5 Å². The molecule has 10 heteroatoms. The lowest BCUT2D eigenvalue weighted by atomic mass is 9.93. The zero-order chi connectivity index (χ0) is 19.9. The van der Waals surface area contributed by atoms with Gasteiger partial charge in [0.25, 0.3) is 0 Å². The van der Waals surface area contributed by atoms with Crippen molar-refractivity contribution in [2.45, 2.75) is 63.6 Å². The van der Waals surface area contributed by atoms with E-state index in [1.165, 1.54) is 6.92 Å². The Bertz CT molecular complexity index is 550. The van der Waals surface area contributed by atoms with Crippen LogP contribution in [0.15, 0.2) is 11.8 Å². The second-order valence-corrected chi connectivity index (χ2v) is 6.10. The normalized spacial score (nSPS) is 24.7. The molecule has 0 aromatic heterocycles. The van der Waals surface area contributed by atoms with Crippen LogP contribution in [0.2, 0.25) is 0 Å². The highest BCUT2D eigenvalue weighted by Gasteiger charge is 2.43. The van der Waals surface area contributed by atoms with E-state index < -0.39 is 48.1 Å². The first-order valence-corrected chi connectivity index (χ1v) is 8.37. The van der Waals surface area contributed by atoms with E-state index in [0.29, 0.717) is 6.42 Å². The van der Waals surface area contributed by atoms with E-state index >= 15 is 0 Å². The topological polar surface area (TPSA) is 165 Å². The van der Waals surface area contributed by atoms with Gasteiger partial charge in [0.2, 0.25) is 17.6 Å². The van der Waals surface area contributed by atoms with Gasteiger partial charge in [-0.25, -0.2) is 4.79 Å². The van der Waals surface area contributed by atoms with E-state index in [4.69, 9.17) is 9.84 Å². The van der Waals surface area contributed by atoms with Crippen LogP contribution >= 0.6 is 0 Å². The van der Waals surface area contributed by atoms with Crippen molar-refractivity contribution in [2.24, 2.45) is 0 Å². The van der Waals surface area contributed by atoms with E-state index in [-0.39, 0.29) is 18.9 Å². The quantitative estimate of drug-likeness (QED) is 0.276.